The molecular formula is C16H27N3O. The van der Waals surface area contributed by atoms with Crippen molar-refractivity contribution in [3.8, 4) is 0 Å². The normalized spacial score (nSPS) is 11.6. The molecule has 1 amide bonds. The minimum absolute atomic E-state index is 0.0316. The fourth-order valence-electron chi connectivity index (χ4n) is 1.74. The van der Waals surface area contributed by atoms with Crippen LogP contribution < -0.4 is 10.6 Å². The Morgan fingerprint density at radius 2 is 1.95 bits per heavy atom. The summed E-state index contributed by atoms with van der Waals surface area (Å²) in [5.41, 5.74) is 2.67. The van der Waals surface area contributed by atoms with Gasteiger partial charge in [-0.05, 0) is 59.5 Å². The predicted octanol–water partition coefficient (Wildman–Crippen LogP) is 2.50. The van der Waals surface area contributed by atoms with Crippen molar-refractivity contribution in [2.45, 2.75) is 33.2 Å². The van der Waals surface area contributed by atoms with Gasteiger partial charge in [-0.25, -0.2) is 0 Å². The molecule has 0 aliphatic rings. The zero-order chi connectivity index (χ0) is 15.3. The first-order valence-corrected chi connectivity index (χ1v) is 7.08. The lowest BCUT2D eigenvalue weighted by Crippen LogP contribution is -2.48. The first-order chi connectivity index (χ1) is 9.27. The van der Waals surface area contributed by atoms with E-state index in [1.807, 2.05) is 46.1 Å². The Morgan fingerprint density at radius 3 is 2.50 bits per heavy atom. The van der Waals surface area contributed by atoms with Crippen LogP contribution in [-0.2, 0) is 0 Å². The van der Waals surface area contributed by atoms with Crippen LogP contribution in [0.4, 0.5) is 5.69 Å². The van der Waals surface area contributed by atoms with Crippen LogP contribution in [0.25, 0.3) is 0 Å². The summed E-state index contributed by atoms with van der Waals surface area (Å²) in [5.74, 6) is -0.0316. The second-order valence-electron chi connectivity index (χ2n) is 5.97. The maximum atomic E-state index is 12.4. The molecule has 4 nitrogen and oxygen atoms in total. The first-order valence-electron chi connectivity index (χ1n) is 7.08. The fourth-order valence-corrected chi connectivity index (χ4v) is 1.74. The second kappa shape index (κ2) is 6.75. The molecule has 0 spiro atoms. The molecule has 0 atom stereocenters. The topological polar surface area (TPSA) is 44.4 Å². The van der Waals surface area contributed by atoms with Gasteiger partial charge in [0, 0.05) is 24.3 Å². The highest BCUT2D eigenvalue weighted by atomic mass is 16.1. The Bertz CT molecular complexity index is 467. The van der Waals surface area contributed by atoms with Gasteiger partial charge in [0.1, 0.15) is 0 Å². The van der Waals surface area contributed by atoms with Gasteiger partial charge in [-0.2, -0.15) is 0 Å². The van der Waals surface area contributed by atoms with Gasteiger partial charge < -0.3 is 15.5 Å². The summed E-state index contributed by atoms with van der Waals surface area (Å²) in [6.07, 6.45) is 0. The van der Waals surface area contributed by atoms with Crippen LogP contribution >= 0.6 is 0 Å². The SMILES string of the molecule is CCNc1cc(C)ccc1C(=O)NCC(C)(C)N(C)C. The van der Waals surface area contributed by atoms with E-state index < -0.39 is 0 Å². The van der Waals surface area contributed by atoms with Crippen LogP contribution in [0.15, 0.2) is 18.2 Å². The minimum Gasteiger partial charge on any atom is -0.385 e. The number of rotatable bonds is 6. The molecule has 20 heavy (non-hydrogen) atoms. The molecule has 0 heterocycles. The highest BCUT2D eigenvalue weighted by Gasteiger charge is 2.22. The number of likely N-dealkylation sites (N-methyl/N-ethyl adjacent to an activating group) is 1. The summed E-state index contributed by atoms with van der Waals surface area (Å²) < 4.78 is 0. The molecule has 0 saturated heterocycles. The van der Waals surface area contributed by atoms with E-state index in [0.29, 0.717) is 12.1 Å². The van der Waals surface area contributed by atoms with Gasteiger partial charge >= 0.3 is 0 Å². The average molecular weight is 277 g/mol. The Kier molecular flexibility index (Phi) is 5.57. The van der Waals surface area contributed by atoms with Crippen molar-refractivity contribution in [3.63, 3.8) is 0 Å². The molecule has 1 aromatic rings. The molecule has 1 aromatic carbocycles. The van der Waals surface area contributed by atoms with E-state index >= 15 is 0 Å². The molecule has 1 rings (SSSR count). The molecule has 2 N–H and O–H groups in total. The number of anilines is 1. The zero-order valence-corrected chi connectivity index (χ0v) is 13.5. The second-order valence-corrected chi connectivity index (χ2v) is 5.97. The van der Waals surface area contributed by atoms with E-state index in [0.717, 1.165) is 17.8 Å². The summed E-state index contributed by atoms with van der Waals surface area (Å²) in [5, 5.41) is 6.26. The molecular weight excluding hydrogens is 250 g/mol. The van der Waals surface area contributed by atoms with Crippen LogP contribution in [0.3, 0.4) is 0 Å². The van der Waals surface area contributed by atoms with Gasteiger partial charge in [0.15, 0.2) is 0 Å². The molecule has 0 saturated carbocycles. The number of amides is 1. The molecule has 4 heteroatoms. The third kappa shape index (κ3) is 4.23. The first kappa shape index (κ1) is 16.5. The number of aryl methyl sites for hydroxylation is 1. The van der Waals surface area contributed by atoms with Crippen molar-refractivity contribution in [1.82, 2.24) is 10.2 Å². The van der Waals surface area contributed by atoms with Crippen LogP contribution in [0.2, 0.25) is 0 Å². The van der Waals surface area contributed by atoms with Crippen molar-refractivity contribution >= 4 is 11.6 Å². The minimum atomic E-state index is -0.0707. The number of benzene rings is 1. The van der Waals surface area contributed by atoms with E-state index in [1.165, 1.54) is 0 Å². The highest BCUT2D eigenvalue weighted by molar-refractivity contribution is 5.99. The Hall–Kier alpha value is -1.55. The summed E-state index contributed by atoms with van der Waals surface area (Å²) in [7, 11) is 4.03. The van der Waals surface area contributed by atoms with Crippen molar-refractivity contribution in [3.05, 3.63) is 29.3 Å². The van der Waals surface area contributed by atoms with Gasteiger partial charge in [0.25, 0.3) is 5.91 Å². The number of hydrogen-bond acceptors (Lipinski definition) is 3. The quantitative estimate of drug-likeness (QED) is 0.839. The maximum absolute atomic E-state index is 12.4. The van der Waals surface area contributed by atoms with Crippen molar-refractivity contribution in [2.24, 2.45) is 0 Å². The summed E-state index contributed by atoms with van der Waals surface area (Å²) in [6, 6.07) is 5.85. The summed E-state index contributed by atoms with van der Waals surface area (Å²) >= 11 is 0. The molecule has 0 aliphatic carbocycles. The van der Waals surface area contributed by atoms with Crippen LogP contribution in [-0.4, -0.2) is 43.5 Å². The van der Waals surface area contributed by atoms with Gasteiger partial charge in [-0.3, -0.25) is 4.79 Å². The Morgan fingerprint density at radius 1 is 1.30 bits per heavy atom. The number of carbonyl (C=O) groups is 1. The Balaban J connectivity index is 2.82. The lowest BCUT2D eigenvalue weighted by atomic mass is 10.0. The van der Waals surface area contributed by atoms with Crippen LogP contribution in [0.5, 0.6) is 0 Å². The lowest BCUT2D eigenvalue weighted by molar-refractivity contribution is 0.0920. The summed E-state index contributed by atoms with van der Waals surface area (Å²) in [4.78, 5) is 14.5. The summed E-state index contributed by atoms with van der Waals surface area (Å²) in [6.45, 7) is 9.67. The monoisotopic (exact) mass is 277 g/mol. The molecule has 0 aliphatic heterocycles. The van der Waals surface area contributed by atoms with Crippen LogP contribution in [0, 0.1) is 6.92 Å². The molecule has 0 fully saturated rings. The Labute approximate surface area is 122 Å². The molecule has 0 unspecified atom stereocenters. The van der Waals surface area contributed by atoms with E-state index in [9.17, 15) is 4.79 Å². The van der Waals surface area contributed by atoms with E-state index in [2.05, 4.69) is 29.4 Å². The van der Waals surface area contributed by atoms with Crippen molar-refractivity contribution in [2.75, 3.05) is 32.5 Å². The van der Waals surface area contributed by atoms with Gasteiger partial charge in [-0.15, -0.1) is 0 Å². The van der Waals surface area contributed by atoms with Crippen molar-refractivity contribution < 1.29 is 4.79 Å². The predicted molar refractivity (Wildman–Crippen MR) is 85.4 cm³/mol. The standard InChI is InChI=1S/C16H27N3O/c1-7-17-14-10-12(2)8-9-13(14)15(20)18-11-16(3,4)19(5)6/h8-10,17H,7,11H2,1-6H3,(H,18,20). The molecule has 0 radical (unpaired) electrons. The smallest absolute Gasteiger partial charge is 0.253 e. The fraction of sp³-hybridized carbons (Fsp3) is 0.562. The van der Waals surface area contributed by atoms with E-state index in [4.69, 9.17) is 0 Å². The third-order valence-electron chi connectivity index (χ3n) is 3.68. The maximum Gasteiger partial charge on any atom is 0.253 e. The molecule has 0 bridgehead atoms. The van der Waals surface area contributed by atoms with E-state index in [-0.39, 0.29) is 11.4 Å². The number of nitrogens with one attached hydrogen (secondary N) is 2. The average Bonchev–Trinajstić information content (AvgIpc) is 2.36. The number of nitrogens with zero attached hydrogens (tertiary/aromatic N) is 1. The zero-order valence-electron chi connectivity index (χ0n) is 13.5. The molecule has 0 aromatic heterocycles. The lowest BCUT2D eigenvalue weighted by Gasteiger charge is -2.32. The number of carbonyl (C=O) groups excluding carboxylic acids is 1. The largest absolute Gasteiger partial charge is 0.385 e. The highest BCUT2D eigenvalue weighted by Crippen LogP contribution is 2.18. The third-order valence-corrected chi connectivity index (χ3v) is 3.68. The van der Waals surface area contributed by atoms with Crippen molar-refractivity contribution in [1.29, 1.82) is 0 Å². The van der Waals surface area contributed by atoms with E-state index in [1.54, 1.807) is 0 Å². The number of hydrogen-bond donors (Lipinski definition) is 2. The van der Waals surface area contributed by atoms with Gasteiger partial charge in [0.2, 0.25) is 0 Å². The van der Waals surface area contributed by atoms with Gasteiger partial charge in [-0.1, -0.05) is 6.07 Å². The molecule has 112 valence electrons. The van der Waals surface area contributed by atoms with Crippen LogP contribution in [0.1, 0.15) is 36.7 Å². The van der Waals surface area contributed by atoms with Gasteiger partial charge in [0.05, 0.1) is 5.56 Å².